The summed E-state index contributed by atoms with van der Waals surface area (Å²) in [5.74, 6) is 0. The van der Waals surface area contributed by atoms with Gasteiger partial charge in [-0.1, -0.05) is 13.3 Å². The van der Waals surface area contributed by atoms with Crippen LogP contribution in [0.1, 0.15) is 19.8 Å². The monoisotopic (exact) mass is 108 g/mol. The molecule has 38 valence electrons. The van der Waals surface area contributed by atoms with Crippen molar-refractivity contribution in [1.29, 1.82) is 0 Å². The number of hydrogen-bond acceptors (Lipinski definition) is 1. The Hall–Kier alpha value is 0.250. The van der Waals surface area contributed by atoms with E-state index in [1.165, 1.54) is 0 Å². The van der Waals surface area contributed by atoms with Crippen molar-refractivity contribution in [3.63, 3.8) is 0 Å². The predicted octanol–water partition coefficient (Wildman–Crippen LogP) is 1.96. The van der Waals surface area contributed by atoms with E-state index in [9.17, 15) is 0 Å². The maximum Gasteiger partial charge on any atom is 0.0682 e. The van der Waals surface area contributed by atoms with Gasteiger partial charge < -0.3 is 0 Å². The Morgan fingerprint density at radius 2 is 2.33 bits per heavy atom. The van der Waals surface area contributed by atoms with Gasteiger partial charge in [0, 0.05) is 0 Å². The number of hydrogen-bond donors (Lipinski definition) is 0. The Balaban J connectivity index is 2.34. The fourth-order valence-corrected chi connectivity index (χ4v) is 0.308. The fraction of sp³-hybridized carbons (Fsp3) is 1.00. The third kappa shape index (κ3) is 4.25. The van der Waals surface area contributed by atoms with Crippen LogP contribution >= 0.6 is 11.9 Å². The van der Waals surface area contributed by atoms with E-state index in [2.05, 4.69) is 11.2 Å². The molecule has 0 spiro atoms. The van der Waals surface area contributed by atoms with Gasteiger partial charge >= 0.3 is 0 Å². The number of unbranched alkanes of at least 4 members (excludes halogenated alkanes) is 1. The van der Waals surface area contributed by atoms with Crippen molar-refractivity contribution in [2.24, 2.45) is 0 Å². The molecule has 1 nitrogen and oxygen atoms in total. The quantitative estimate of drug-likeness (QED) is 0.502. The third-order valence-corrected chi connectivity index (χ3v) is 0.729. The first-order valence-corrected chi connectivity index (χ1v) is 2.46. The lowest BCUT2D eigenvalue weighted by atomic mass is 10.4. The minimum atomic E-state index is 0.679. The first-order valence-electron chi connectivity index (χ1n) is 2.15. The predicted molar refractivity (Wildman–Crippen MR) is 26.7 cm³/mol. The lowest BCUT2D eigenvalue weighted by Crippen LogP contribution is -1.78. The second-order valence-corrected chi connectivity index (χ2v) is 1.39. The summed E-state index contributed by atoms with van der Waals surface area (Å²) in [4.78, 5) is 0. The van der Waals surface area contributed by atoms with Crippen LogP contribution in [0.4, 0.5) is 0 Å². The van der Waals surface area contributed by atoms with E-state index < -0.39 is 0 Å². The molecular formula is C4H9ClO. The maximum absolute atomic E-state index is 4.88. The van der Waals surface area contributed by atoms with Crippen molar-refractivity contribution in [2.75, 3.05) is 6.61 Å². The first-order chi connectivity index (χ1) is 2.91. The molecule has 0 bridgehead atoms. The molecule has 0 rings (SSSR count). The van der Waals surface area contributed by atoms with Crippen molar-refractivity contribution < 1.29 is 4.29 Å². The Bertz CT molecular complexity index is 19.5. The summed E-state index contributed by atoms with van der Waals surface area (Å²) in [7, 11) is 0. The Morgan fingerprint density at radius 3 is 2.50 bits per heavy atom. The van der Waals surface area contributed by atoms with E-state index in [0.29, 0.717) is 6.61 Å². The molecule has 0 aliphatic carbocycles. The van der Waals surface area contributed by atoms with Gasteiger partial charge in [0.25, 0.3) is 0 Å². The Kier molecular flexibility index (Phi) is 5.47. The molecule has 0 amide bonds. The fourth-order valence-electron chi connectivity index (χ4n) is 0.199. The average molecular weight is 109 g/mol. The van der Waals surface area contributed by atoms with E-state index in [1.807, 2.05) is 0 Å². The molecule has 0 saturated carbocycles. The zero-order valence-corrected chi connectivity index (χ0v) is 4.66. The van der Waals surface area contributed by atoms with Gasteiger partial charge in [0.05, 0.1) is 18.5 Å². The molecule has 0 saturated heterocycles. The highest BCUT2D eigenvalue weighted by atomic mass is 35.5. The number of halogens is 1. The van der Waals surface area contributed by atoms with Crippen LogP contribution in [0.25, 0.3) is 0 Å². The molecule has 0 aliphatic heterocycles. The van der Waals surface area contributed by atoms with Gasteiger partial charge in [-0.25, -0.2) is 0 Å². The SMILES string of the molecule is CCCCOCl. The van der Waals surface area contributed by atoms with E-state index >= 15 is 0 Å². The van der Waals surface area contributed by atoms with E-state index in [-0.39, 0.29) is 0 Å². The summed E-state index contributed by atoms with van der Waals surface area (Å²) >= 11 is 4.88. The molecule has 0 aliphatic rings. The van der Waals surface area contributed by atoms with Gasteiger partial charge in [0.2, 0.25) is 0 Å². The highest BCUT2D eigenvalue weighted by molar-refractivity contribution is 6.07. The molecule has 0 heterocycles. The Morgan fingerprint density at radius 1 is 1.67 bits per heavy atom. The molecule has 0 radical (unpaired) electrons. The smallest absolute Gasteiger partial charge is 0.0682 e. The summed E-state index contributed by atoms with van der Waals surface area (Å²) in [5.41, 5.74) is 0. The van der Waals surface area contributed by atoms with Crippen LogP contribution in [0.2, 0.25) is 0 Å². The van der Waals surface area contributed by atoms with Crippen LogP contribution in [-0.4, -0.2) is 6.61 Å². The van der Waals surface area contributed by atoms with Gasteiger partial charge in [0.1, 0.15) is 0 Å². The first kappa shape index (κ1) is 6.25. The van der Waals surface area contributed by atoms with Crippen LogP contribution in [0.15, 0.2) is 0 Å². The summed E-state index contributed by atoms with van der Waals surface area (Å²) < 4.78 is 4.25. The zero-order valence-electron chi connectivity index (χ0n) is 3.91. The molecule has 0 N–H and O–H groups in total. The summed E-state index contributed by atoms with van der Waals surface area (Å²) in [5, 5.41) is 0. The molecule has 0 unspecified atom stereocenters. The molecule has 0 atom stereocenters. The van der Waals surface area contributed by atoms with Gasteiger partial charge in [-0.15, -0.1) is 0 Å². The van der Waals surface area contributed by atoms with Crippen molar-refractivity contribution in [3.8, 4) is 0 Å². The van der Waals surface area contributed by atoms with E-state index in [4.69, 9.17) is 11.9 Å². The largest absolute Gasteiger partial charge is 0.279 e. The van der Waals surface area contributed by atoms with Crippen molar-refractivity contribution in [1.82, 2.24) is 0 Å². The molecule has 0 aromatic rings. The standard InChI is InChI=1S/C4H9ClO/c1-2-3-4-6-5/h2-4H2,1H3. The Labute approximate surface area is 43.4 Å². The lowest BCUT2D eigenvalue weighted by molar-refractivity contribution is 0.341. The van der Waals surface area contributed by atoms with E-state index in [0.717, 1.165) is 12.8 Å². The lowest BCUT2D eigenvalue weighted by Gasteiger charge is -1.86. The van der Waals surface area contributed by atoms with Crippen molar-refractivity contribution >= 4 is 11.9 Å². The number of rotatable bonds is 3. The highest BCUT2D eigenvalue weighted by Crippen LogP contribution is 1.88. The van der Waals surface area contributed by atoms with Crippen LogP contribution in [0.3, 0.4) is 0 Å². The highest BCUT2D eigenvalue weighted by Gasteiger charge is 1.76. The van der Waals surface area contributed by atoms with Crippen molar-refractivity contribution in [3.05, 3.63) is 0 Å². The van der Waals surface area contributed by atoms with Crippen LogP contribution < -0.4 is 0 Å². The van der Waals surface area contributed by atoms with Crippen LogP contribution in [-0.2, 0) is 4.29 Å². The average Bonchev–Trinajstić information content (AvgIpc) is 1.61. The molecule has 0 fully saturated rings. The summed E-state index contributed by atoms with van der Waals surface area (Å²) in [6.45, 7) is 2.77. The van der Waals surface area contributed by atoms with E-state index in [1.54, 1.807) is 0 Å². The van der Waals surface area contributed by atoms with Gasteiger partial charge in [-0.2, -0.15) is 0 Å². The van der Waals surface area contributed by atoms with Gasteiger partial charge in [0.15, 0.2) is 0 Å². The molecule has 0 aromatic heterocycles. The normalized spacial score (nSPS) is 9.00. The second kappa shape index (κ2) is 5.25. The summed E-state index contributed by atoms with van der Waals surface area (Å²) in [6.07, 6.45) is 2.20. The third-order valence-electron chi connectivity index (χ3n) is 0.575. The second-order valence-electron chi connectivity index (χ2n) is 1.17. The molecule has 0 aromatic carbocycles. The van der Waals surface area contributed by atoms with Crippen LogP contribution in [0, 0.1) is 0 Å². The molecular weight excluding hydrogens is 99.5 g/mol. The molecule has 2 heteroatoms. The molecule has 6 heavy (non-hydrogen) atoms. The van der Waals surface area contributed by atoms with Gasteiger partial charge in [-0.05, 0) is 6.42 Å². The summed E-state index contributed by atoms with van der Waals surface area (Å²) in [6, 6.07) is 0. The zero-order chi connectivity index (χ0) is 4.83. The van der Waals surface area contributed by atoms with Crippen LogP contribution in [0.5, 0.6) is 0 Å². The maximum atomic E-state index is 4.88. The van der Waals surface area contributed by atoms with Gasteiger partial charge in [-0.3, -0.25) is 4.29 Å². The topological polar surface area (TPSA) is 9.23 Å². The minimum Gasteiger partial charge on any atom is -0.279 e. The minimum absolute atomic E-state index is 0.679. The van der Waals surface area contributed by atoms with Crippen molar-refractivity contribution in [2.45, 2.75) is 19.8 Å².